The van der Waals surface area contributed by atoms with Crippen molar-refractivity contribution in [3.63, 3.8) is 0 Å². The molecule has 0 unspecified atom stereocenters. The van der Waals surface area contributed by atoms with E-state index in [1.165, 1.54) is 12.1 Å². The summed E-state index contributed by atoms with van der Waals surface area (Å²) in [4.78, 5) is 36.5. The summed E-state index contributed by atoms with van der Waals surface area (Å²) >= 11 is 0. The Balaban J connectivity index is 1.81. The zero-order valence-electron chi connectivity index (χ0n) is 20.3. The molecule has 2 aromatic carbocycles. The fraction of sp³-hybridized carbons (Fsp3) is 0.385. The Kier molecular flexibility index (Phi) is 11.9. The molecule has 2 amide bonds. The Morgan fingerprint density at radius 1 is 1.00 bits per heavy atom. The van der Waals surface area contributed by atoms with Gasteiger partial charge in [0.15, 0.2) is 12.6 Å². The maximum atomic E-state index is 13.0. The van der Waals surface area contributed by atoms with Gasteiger partial charge in [-0.25, -0.2) is 14.0 Å². The number of nitrogens with zero attached hydrogens (tertiary/aromatic N) is 1. The van der Waals surface area contributed by atoms with Gasteiger partial charge in [0, 0.05) is 12.3 Å². The van der Waals surface area contributed by atoms with Crippen molar-refractivity contribution in [2.45, 2.75) is 39.3 Å². The summed E-state index contributed by atoms with van der Waals surface area (Å²) in [5, 5.41) is 13.7. The van der Waals surface area contributed by atoms with E-state index in [4.69, 9.17) is 19.5 Å². The van der Waals surface area contributed by atoms with Gasteiger partial charge in [0.1, 0.15) is 18.5 Å². The SMILES string of the molecule is CC(C)CCOC[C@H](NC(=O)OCc1ccc(NC(=O)Cc2ccc(F)cc2)cc1)C(=O)OCC#N. The summed E-state index contributed by atoms with van der Waals surface area (Å²) in [6, 6.07) is 12.9. The van der Waals surface area contributed by atoms with Crippen molar-refractivity contribution < 1.29 is 33.0 Å². The van der Waals surface area contributed by atoms with Gasteiger partial charge in [-0.1, -0.05) is 38.1 Å². The van der Waals surface area contributed by atoms with Gasteiger partial charge in [0.25, 0.3) is 0 Å². The monoisotopic (exact) mass is 499 g/mol. The maximum absolute atomic E-state index is 13.0. The fourth-order valence-corrected chi connectivity index (χ4v) is 2.90. The Hall–Kier alpha value is -3.97. The number of amides is 2. The second-order valence-corrected chi connectivity index (χ2v) is 8.34. The quantitative estimate of drug-likeness (QED) is 0.318. The standard InChI is InChI=1S/C26H30FN3O6/c1-18(2)11-13-34-17-23(25(32)35-14-12-28)30-26(33)36-16-20-5-9-22(10-6-20)29-24(31)15-19-3-7-21(27)8-4-19/h3-10,18,23H,11,13-17H2,1-2H3,(H,29,31)(H,30,33)/t23-/m0/s1. The molecule has 0 saturated heterocycles. The highest BCUT2D eigenvalue weighted by molar-refractivity contribution is 5.92. The van der Waals surface area contributed by atoms with E-state index < -0.39 is 24.7 Å². The van der Waals surface area contributed by atoms with E-state index in [9.17, 15) is 18.8 Å². The van der Waals surface area contributed by atoms with E-state index in [1.807, 2.05) is 13.8 Å². The molecule has 0 spiro atoms. The normalized spacial score (nSPS) is 11.3. The lowest BCUT2D eigenvalue weighted by Crippen LogP contribution is -2.45. The number of hydrogen-bond donors (Lipinski definition) is 2. The van der Waals surface area contributed by atoms with Crippen LogP contribution in [0.1, 0.15) is 31.4 Å². The molecule has 1 atom stereocenters. The highest BCUT2D eigenvalue weighted by atomic mass is 19.1. The summed E-state index contributed by atoms with van der Waals surface area (Å²) in [6.45, 7) is 3.84. The summed E-state index contributed by atoms with van der Waals surface area (Å²) in [6.07, 6.45) is 0.0374. The number of carbonyl (C=O) groups is 3. The topological polar surface area (TPSA) is 127 Å². The molecule has 2 rings (SSSR count). The molecule has 0 fully saturated rings. The lowest BCUT2D eigenvalue weighted by atomic mass is 10.1. The number of carbonyl (C=O) groups excluding carboxylic acids is 3. The molecule has 0 heterocycles. The number of rotatable bonds is 13. The van der Waals surface area contributed by atoms with Crippen LogP contribution in [0.2, 0.25) is 0 Å². The number of hydrogen-bond acceptors (Lipinski definition) is 7. The van der Waals surface area contributed by atoms with E-state index in [2.05, 4.69) is 10.6 Å². The molecule has 2 aromatic rings. The largest absolute Gasteiger partial charge is 0.449 e. The van der Waals surface area contributed by atoms with Gasteiger partial charge >= 0.3 is 12.1 Å². The number of benzene rings is 2. The first-order valence-electron chi connectivity index (χ1n) is 11.4. The molecule has 0 aliphatic rings. The second kappa shape index (κ2) is 15.1. The molecule has 0 saturated carbocycles. The summed E-state index contributed by atoms with van der Waals surface area (Å²) in [7, 11) is 0. The van der Waals surface area contributed by atoms with Gasteiger partial charge in [0.05, 0.1) is 13.0 Å². The van der Waals surface area contributed by atoms with Crippen LogP contribution in [0.25, 0.3) is 0 Å². The highest BCUT2D eigenvalue weighted by Gasteiger charge is 2.23. The zero-order valence-corrected chi connectivity index (χ0v) is 20.3. The van der Waals surface area contributed by atoms with Crippen LogP contribution in [0.5, 0.6) is 0 Å². The smallest absolute Gasteiger partial charge is 0.408 e. The molecule has 9 nitrogen and oxygen atoms in total. The number of esters is 1. The number of halogens is 1. The van der Waals surface area contributed by atoms with Gasteiger partial charge in [-0.2, -0.15) is 5.26 Å². The van der Waals surface area contributed by atoms with Crippen LogP contribution in [-0.2, 0) is 36.8 Å². The number of ether oxygens (including phenoxy) is 3. The first-order valence-corrected chi connectivity index (χ1v) is 11.4. The molecule has 36 heavy (non-hydrogen) atoms. The molecule has 0 radical (unpaired) electrons. The van der Waals surface area contributed by atoms with Gasteiger partial charge in [-0.05, 0) is 47.7 Å². The molecule has 2 N–H and O–H groups in total. The first-order chi connectivity index (χ1) is 17.3. The van der Waals surface area contributed by atoms with Crippen molar-refractivity contribution in [2.24, 2.45) is 5.92 Å². The Labute approximate surface area is 209 Å². The van der Waals surface area contributed by atoms with E-state index in [-0.39, 0.29) is 31.4 Å². The third kappa shape index (κ3) is 11.0. The fourth-order valence-electron chi connectivity index (χ4n) is 2.90. The Morgan fingerprint density at radius 2 is 1.67 bits per heavy atom. The van der Waals surface area contributed by atoms with Gasteiger partial charge in [0.2, 0.25) is 5.91 Å². The first kappa shape index (κ1) is 28.3. The minimum Gasteiger partial charge on any atom is -0.449 e. The van der Waals surface area contributed by atoms with Crippen LogP contribution in [-0.4, -0.2) is 43.8 Å². The van der Waals surface area contributed by atoms with E-state index in [0.29, 0.717) is 29.3 Å². The predicted octanol–water partition coefficient (Wildman–Crippen LogP) is 3.73. The van der Waals surface area contributed by atoms with Crippen LogP contribution < -0.4 is 10.6 Å². The third-order valence-electron chi connectivity index (χ3n) is 4.87. The van der Waals surface area contributed by atoms with Crippen molar-refractivity contribution in [3.8, 4) is 6.07 Å². The summed E-state index contributed by atoms with van der Waals surface area (Å²) < 4.78 is 28.4. The number of nitrogens with one attached hydrogen (secondary N) is 2. The van der Waals surface area contributed by atoms with Crippen molar-refractivity contribution >= 4 is 23.7 Å². The predicted molar refractivity (Wildman–Crippen MR) is 129 cm³/mol. The minimum absolute atomic E-state index is 0.0796. The molecule has 0 bridgehead atoms. The third-order valence-corrected chi connectivity index (χ3v) is 4.87. The van der Waals surface area contributed by atoms with Crippen LogP contribution >= 0.6 is 0 Å². The molecular formula is C26H30FN3O6. The van der Waals surface area contributed by atoms with Crippen LogP contribution in [0.15, 0.2) is 48.5 Å². The minimum atomic E-state index is -1.11. The summed E-state index contributed by atoms with van der Waals surface area (Å²) in [5.41, 5.74) is 1.89. The van der Waals surface area contributed by atoms with Crippen molar-refractivity contribution in [2.75, 3.05) is 25.1 Å². The molecule has 0 aliphatic heterocycles. The van der Waals surface area contributed by atoms with Gasteiger partial charge in [-0.3, -0.25) is 4.79 Å². The highest BCUT2D eigenvalue weighted by Crippen LogP contribution is 2.12. The van der Waals surface area contributed by atoms with E-state index in [0.717, 1.165) is 6.42 Å². The van der Waals surface area contributed by atoms with Crippen molar-refractivity contribution in [1.29, 1.82) is 5.26 Å². The van der Waals surface area contributed by atoms with Crippen LogP contribution in [0.4, 0.5) is 14.9 Å². The molecule has 10 heteroatoms. The van der Waals surface area contributed by atoms with Gasteiger partial charge in [-0.15, -0.1) is 0 Å². The molecular weight excluding hydrogens is 469 g/mol. The van der Waals surface area contributed by atoms with Gasteiger partial charge < -0.3 is 24.8 Å². The molecule has 0 aliphatic carbocycles. The Morgan fingerprint density at radius 3 is 2.31 bits per heavy atom. The van der Waals surface area contributed by atoms with Crippen molar-refractivity contribution in [1.82, 2.24) is 5.32 Å². The van der Waals surface area contributed by atoms with Crippen molar-refractivity contribution in [3.05, 3.63) is 65.5 Å². The number of alkyl carbamates (subject to hydrolysis) is 1. The zero-order chi connectivity index (χ0) is 26.3. The molecule has 192 valence electrons. The number of nitriles is 1. The molecule has 0 aromatic heterocycles. The summed E-state index contributed by atoms with van der Waals surface area (Å²) in [5.74, 6) is -0.995. The lowest BCUT2D eigenvalue weighted by Gasteiger charge is -2.17. The number of anilines is 1. The lowest BCUT2D eigenvalue weighted by molar-refractivity contribution is -0.146. The second-order valence-electron chi connectivity index (χ2n) is 8.34. The van der Waals surface area contributed by atoms with E-state index in [1.54, 1.807) is 42.5 Å². The van der Waals surface area contributed by atoms with Crippen LogP contribution in [0, 0.1) is 23.1 Å². The average Bonchev–Trinajstić information content (AvgIpc) is 2.85. The Bertz CT molecular complexity index is 1040. The maximum Gasteiger partial charge on any atom is 0.408 e. The van der Waals surface area contributed by atoms with Crippen LogP contribution in [0.3, 0.4) is 0 Å². The average molecular weight is 500 g/mol. The van der Waals surface area contributed by atoms with E-state index >= 15 is 0 Å².